The van der Waals surface area contributed by atoms with E-state index in [9.17, 15) is 14.4 Å². The number of aryl methyl sites for hydroxylation is 1. The van der Waals surface area contributed by atoms with Crippen LogP contribution in [0.4, 0.5) is 0 Å². The van der Waals surface area contributed by atoms with Gasteiger partial charge >= 0.3 is 0 Å². The van der Waals surface area contributed by atoms with Crippen molar-refractivity contribution in [1.82, 2.24) is 9.80 Å². The van der Waals surface area contributed by atoms with Gasteiger partial charge in [-0.15, -0.1) is 11.3 Å². The third kappa shape index (κ3) is 6.41. The predicted molar refractivity (Wildman–Crippen MR) is 115 cm³/mol. The summed E-state index contributed by atoms with van der Waals surface area (Å²) in [7, 11) is 0. The van der Waals surface area contributed by atoms with Crippen molar-refractivity contribution in [1.29, 1.82) is 0 Å². The Hall–Kier alpha value is -2.18. The number of carbonyl (C=O) groups excluding carboxylic acids is 3. The SMILES string of the molecule is O=C(CCC(=O)N1CCN(C(=O)CCCc2ccccc2)CC1)c1ccc(Cl)s1. The molecule has 1 fully saturated rings. The molecule has 2 aromatic rings. The van der Waals surface area contributed by atoms with Gasteiger partial charge in [0, 0.05) is 45.4 Å². The molecule has 1 aliphatic rings. The lowest BCUT2D eigenvalue weighted by molar-refractivity contribution is -0.139. The summed E-state index contributed by atoms with van der Waals surface area (Å²) >= 11 is 7.09. The van der Waals surface area contributed by atoms with Crippen LogP contribution >= 0.6 is 22.9 Å². The summed E-state index contributed by atoms with van der Waals surface area (Å²) in [5, 5.41) is 0. The Morgan fingerprint density at radius 2 is 1.45 bits per heavy atom. The van der Waals surface area contributed by atoms with E-state index in [1.807, 2.05) is 23.1 Å². The second kappa shape index (κ2) is 10.6. The van der Waals surface area contributed by atoms with E-state index < -0.39 is 0 Å². The van der Waals surface area contributed by atoms with E-state index in [1.165, 1.54) is 16.9 Å². The minimum absolute atomic E-state index is 0.0304. The monoisotopic (exact) mass is 432 g/mol. The average Bonchev–Trinajstić information content (AvgIpc) is 3.19. The largest absolute Gasteiger partial charge is 0.339 e. The number of thiophene rings is 1. The Kier molecular flexibility index (Phi) is 7.83. The van der Waals surface area contributed by atoms with Gasteiger partial charge in [0.25, 0.3) is 0 Å². The fourth-order valence-electron chi connectivity index (χ4n) is 3.42. The summed E-state index contributed by atoms with van der Waals surface area (Å²) in [6.07, 6.45) is 2.64. The molecule has 0 unspecified atom stereocenters. The molecule has 1 aliphatic heterocycles. The van der Waals surface area contributed by atoms with Gasteiger partial charge in [-0.1, -0.05) is 41.9 Å². The van der Waals surface area contributed by atoms with E-state index in [4.69, 9.17) is 11.6 Å². The van der Waals surface area contributed by atoms with Crippen LogP contribution in [0.1, 0.15) is 40.9 Å². The van der Waals surface area contributed by atoms with Crippen LogP contribution in [0, 0.1) is 0 Å². The van der Waals surface area contributed by atoms with Crippen molar-refractivity contribution in [2.24, 2.45) is 0 Å². The molecule has 7 heteroatoms. The molecule has 1 aromatic heterocycles. The fourth-order valence-corrected chi connectivity index (χ4v) is 4.43. The van der Waals surface area contributed by atoms with Crippen LogP contribution < -0.4 is 0 Å². The van der Waals surface area contributed by atoms with Gasteiger partial charge in [0.05, 0.1) is 9.21 Å². The first-order valence-electron chi connectivity index (χ1n) is 9.91. The molecule has 29 heavy (non-hydrogen) atoms. The number of amides is 2. The first-order valence-corrected chi connectivity index (χ1v) is 11.1. The minimum atomic E-state index is -0.0533. The summed E-state index contributed by atoms with van der Waals surface area (Å²) in [6.45, 7) is 2.18. The molecule has 0 atom stereocenters. The van der Waals surface area contributed by atoms with E-state index in [-0.39, 0.29) is 30.4 Å². The zero-order valence-electron chi connectivity index (χ0n) is 16.3. The van der Waals surface area contributed by atoms with Crippen molar-refractivity contribution in [3.05, 3.63) is 57.2 Å². The maximum atomic E-state index is 12.4. The maximum Gasteiger partial charge on any atom is 0.223 e. The van der Waals surface area contributed by atoms with Gasteiger partial charge in [-0.05, 0) is 30.5 Å². The number of piperazine rings is 1. The highest BCUT2D eigenvalue weighted by Gasteiger charge is 2.24. The smallest absolute Gasteiger partial charge is 0.223 e. The number of Topliss-reactive ketones (excluding diaryl/α,β-unsaturated/α-hetero) is 1. The lowest BCUT2D eigenvalue weighted by Crippen LogP contribution is -2.50. The molecule has 3 rings (SSSR count). The van der Waals surface area contributed by atoms with Gasteiger partial charge in [-0.3, -0.25) is 14.4 Å². The number of ketones is 1. The number of rotatable bonds is 8. The molecule has 0 spiro atoms. The van der Waals surface area contributed by atoms with Crippen LogP contribution in [0.2, 0.25) is 4.34 Å². The van der Waals surface area contributed by atoms with Crippen molar-refractivity contribution in [3.8, 4) is 0 Å². The van der Waals surface area contributed by atoms with Crippen molar-refractivity contribution in [2.45, 2.75) is 32.1 Å². The zero-order chi connectivity index (χ0) is 20.6. The fraction of sp³-hybridized carbons (Fsp3) is 0.409. The van der Waals surface area contributed by atoms with Gasteiger partial charge in [-0.2, -0.15) is 0 Å². The highest BCUT2D eigenvalue weighted by atomic mass is 35.5. The molecule has 1 aromatic carbocycles. The van der Waals surface area contributed by atoms with Gasteiger partial charge in [0.15, 0.2) is 5.78 Å². The van der Waals surface area contributed by atoms with Crippen molar-refractivity contribution in [3.63, 3.8) is 0 Å². The van der Waals surface area contributed by atoms with E-state index in [0.717, 1.165) is 12.8 Å². The molecule has 0 aliphatic carbocycles. The zero-order valence-corrected chi connectivity index (χ0v) is 17.9. The van der Waals surface area contributed by atoms with Crippen molar-refractivity contribution >= 4 is 40.5 Å². The summed E-state index contributed by atoms with van der Waals surface area (Å²) in [5.41, 5.74) is 1.25. The number of hydrogen-bond acceptors (Lipinski definition) is 4. The molecule has 0 saturated carbocycles. The van der Waals surface area contributed by atoms with Crippen molar-refractivity contribution < 1.29 is 14.4 Å². The first kappa shape index (κ1) is 21.5. The van der Waals surface area contributed by atoms with Crippen LogP contribution in [0.15, 0.2) is 42.5 Å². The van der Waals surface area contributed by atoms with Crippen LogP contribution in [-0.2, 0) is 16.0 Å². The second-order valence-corrected chi connectivity index (χ2v) is 8.84. The Balaban J connectivity index is 1.35. The Labute approximate surface area is 180 Å². The topological polar surface area (TPSA) is 57.7 Å². The lowest BCUT2D eigenvalue weighted by Gasteiger charge is -2.35. The molecule has 154 valence electrons. The normalized spacial score (nSPS) is 14.1. The first-order chi connectivity index (χ1) is 14.0. The van der Waals surface area contributed by atoms with E-state index in [2.05, 4.69) is 12.1 Å². The Morgan fingerprint density at radius 3 is 2.03 bits per heavy atom. The summed E-state index contributed by atoms with van der Waals surface area (Å²) in [6, 6.07) is 13.6. The van der Waals surface area contributed by atoms with Gasteiger partial charge in [0.2, 0.25) is 11.8 Å². The predicted octanol–water partition coefficient (Wildman–Crippen LogP) is 4.06. The highest BCUT2D eigenvalue weighted by Crippen LogP contribution is 2.23. The quantitative estimate of drug-likeness (QED) is 0.591. The molecule has 0 N–H and O–H groups in total. The summed E-state index contributed by atoms with van der Waals surface area (Å²) in [5.74, 6) is 0.0671. The molecule has 2 amide bonds. The highest BCUT2D eigenvalue weighted by molar-refractivity contribution is 7.18. The molecular formula is C22H25ClN2O3S. The molecule has 0 bridgehead atoms. The van der Waals surface area contributed by atoms with Crippen molar-refractivity contribution in [2.75, 3.05) is 26.2 Å². The average molecular weight is 433 g/mol. The number of halogens is 1. The molecule has 5 nitrogen and oxygen atoms in total. The summed E-state index contributed by atoms with van der Waals surface area (Å²) in [4.78, 5) is 41.1. The van der Waals surface area contributed by atoms with E-state index in [1.54, 1.807) is 17.0 Å². The van der Waals surface area contributed by atoms with Gasteiger partial charge in [0.1, 0.15) is 0 Å². The second-order valence-electron chi connectivity index (χ2n) is 7.13. The van der Waals surface area contributed by atoms with Gasteiger partial charge in [-0.25, -0.2) is 0 Å². The van der Waals surface area contributed by atoms with Crippen LogP contribution in [0.25, 0.3) is 0 Å². The molecule has 1 saturated heterocycles. The van der Waals surface area contributed by atoms with E-state index >= 15 is 0 Å². The van der Waals surface area contributed by atoms with E-state index in [0.29, 0.717) is 41.8 Å². The number of carbonyl (C=O) groups is 3. The number of hydrogen-bond donors (Lipinski definition) is 0. The van der Waals surface area contributed by atoms with Gasteiger partial charge < -0.3 is 9.80 Å². The maximum absolute atomic E-state index is 12.4. The molecule has 2 heterocycles. The number of nitrogens with zero attached hydrogens (tertiary/aromatic N) is 2. The van der Waals surface area contributed by atoms with Crippen LogP contribution in [0.5, 0.6) is 0 Å². The Morgan fingerprint density at radius 1 is 0.828 bits per heavy atom. The Bertz CT molecular complexity index is 845. The summed E-state index contributed by atoms with van der Waals surface area (Å²) < 4.78 is 0.573. The minimum Gasteiger partial charge on any atom is -0.339 e. The lowest BCUT2D eigenvalue weighted by atomic mass is 10.1. The third-order valence-electron chi connectivity index (χ3n) is 5.10. The number of benzene rings is 1. The van der Waals surface area contributed by atoms with Crippen LogP contribution in [0.3, 0.4) is 0 Å². The molecule has 0 radical (unpaired) electrons. The third-order valence-corrected chi connectivity index (χ3v) is 6.37. The standard InChI is InChI=1S/C22H25ClN2O3S/c23-20-11-10-19(29-20)18(26)9-12-22(28)25-15-13-24(14-16-25)21(27)8-4-7-17-5-2-1-3-6-17/h1-3,5-6,10-11H,4,7-9,12-16H2. The van der Waals surface area contributed by atoms with Crippen LogP contribution in [-0.4, -0.2) is 53.6 Å². The molecular weight excluding hydrogens is 408 g/mol.